The van der Waals surface area contributed by atoms with Gasteiger partial charge in [-0.2, -0.15) is 0 Å². The van der Waals surface area contributed by atoms with E-state index in [9.17, 15) is 4.79 Å². The zero-order chi connectivity index (χ0) is 17.6. The number of Topliss-reactive ketones (excluding diaryl/α,β-unsaturated/α-hetero) is 1. The maximum Gasteiger partial charge on any atom is 0.126 e. The Morgan fingerprint density at radius 2 is 0.958 bits per heavy atom. The molecular weight excluding hydrogens is 296 g/mol. The molecule has 3 aromatic rings. The number of nitrogens with two attached hydrogens (primary N) is 1. The van der Waals surface area contributed by atoms with E-state index in [4.69, 9.17) is 5.73 Å². The number of anilines is 3. The first-order valence-corrected chi connectivity index (χ1v) is 7.72. The molecule has 3 N–H and O–H groups in total. The molecule has 0 saturated heterocycles. The third-order valence-corrected chi connectivity index (χ3v) is 2.64. The van der Waals surface area contributed by atoms with E-state index in [1.165, 1.54) is 13.8 Å². The second-order valence-corrected chi connectivity index (χ2v) is 5.18. The summed E-state index contributed by atoms with van der Waals surface area (Å²) in [5.41, 5.74) is 8.42. The van der Waals surface area contributed by atoms with E-state index in [0.717, 1.165) is 17.1 Å². The molecule has 0 spiro atoms. The van der Waals surface area contributed by atoms with Crippen LogP contribution in [0.2, 0.25) is 0 Å². The summed E-state index contributed by atoms with van der Waals surface area (Å²) in [5.74, 6) is 0.167. The van der Waals surface area contributed by atoms with Crippen molar-refractivity contribution in [2.24, 2.45) is 0 Å². The summed E-state index contributed by atoms with van der Waals surface area (Å²) >= 11 is 0. The average molecular weight is 320 g/mol. The molecular formula is C21H24N2O. The maximum atomic E-state index is 9.44. The first-order valence-electron chi connectivity index (χ1n) is 7.72. The molecule has 0 fully saturated rings. The van der Waals surface area contributed by atoms with Gasteiger partial charge in [-0.25, -0.2) is 0 Å². The Hall–Kier alpha value is -3.07. The second kappa shape index (κ2) is 11.5. The molecule has 24 heavy (non-hydrogen) atoms. The molecule has 0 aliphatic heterocycles. The Morgan fingerprint density at radius 1 is 0.667 bits per heavy atom. The quantitative estimate of drug-likeness (QED) is 0.630. The predicted molar refractivity (Wildman–Crippen MR) is 103 cm³/mol. The molecule has 3 rings (SSSR count). The van der Waals surface area contributed by atoms with Gasteiger partial charge in [-0.15, -0.1) is 0 Å². The summed E-state index contributed by atoms with van der Waals surface area (Å²) in [6.45, 7) is 3.06. The summed E-state index contributed by atoms with van der Waals surface area (Å²) in [5, 5.41) is 3.30. The smallest absolute Gasteiger partial charge is 0.126 e. The van der Waals surface area contributed by atoms with Gasteiger partial charge in [0.25, 0.3) is 0 Å². The molecule has 3 aromatic carbocycles. The van der Waals surface area contributed by atoms with Crippen LogP contribution in [0.25, 0.3) is 0 Å². The lowest BCUT2D eigenvalue weighted by molar-refractivity contribution is -0.114. The Labute approximate surface area is 144 Å². The molecule has 0 amide bonds. The van der Waals surface area contributed by atoms with Gasteiger partial charge in [-0.1, -0.05) is 54.6 Å². The molecule has 0 aliphatic carbocycles. The van der Waals surface area contributed by atoms with Crippen LogP contribution in [0.15, 0.2) is 91.0 Å². The summed E-state index contributed by atoms with van der Waals surface area (Å²) < 4.78 is 0. The van der Waals surface area contributed by atoms with Crippen LogP contribution in [0.4, 0.5) is 17.1 Å². The molecule has 0 saturated carbocycles. The van der Waals surface area contributed by atoms with E-state index >= 15 is 0 Å². The Bertz CT molecular complexity index is 641. The zero-order valence-corrected chi connectivity index (χ0v) is 14.1. The SMILES string of the molecule is CC(C)=O.Nc1ccccc1.c1ccc(Nc2ccccc2)cc1. The third-order valence-electron chi connectivity index (χ3n) is 2.64. The van der Waals surface area contributed by atoms with E-state index in [1.807, 2.05) is 91.0 Å². The fourth-order valence-electron chi connectivity index (χ4n) is 1.66. The van der Waals surface area contributed by atoms with Crippen molar-refractivity contribution in [1.29, 1.82) is 0 Å². The van der Waals surface area contributed by atoms with Crippen molar-refractivity contribution in [2.45, 2.75) is 13.8 Å². The zero-order valence-electron chi connectivity index (χ0n) is 14.1. The number of carbonyl (C=O) groups is 1. The molecule has 0 unspecified atom stereocenters. The van der Waals surface area contributed by atoms with E-state index in [0.29, 0.717) is 0 Å². The van der Waals surface area contributed by atoms with Crippen molar-refractivity contribution in [1.82, 2.24) is 0 Å². The molecule has 0 aromatic heterocycles. The monoisotopic (exact) mass is 320 g/mol. The molecule has 0 atom stereocenters. The Balaban J connectivity index is 0.000000220. The molecule has 0 bridgehead atoms. The number of benzene rings is 3. The van der Waals surface area contributed by atoms with Crippen LogP contribution in [0.5, 0.6) is 0 Å². The minimum Gasteiger partial charge on any atom is -0.399 e. The van der Waals surface area contributed by atoms with E-state index in [2.05, 4.69) is 5.32 Å². The highest BCUT2D eigenvalue weighted by Crippen LogP contribution is 2.14. The second-order valence-electron chi connectivity index (χ2n) is 5.18. The molecule has 3 nitrogen and oxygen atoms in total. The normalized spacial score (nSPS) is 8.75. The highest BCUT2D eigenvalue weighted by Gasteiger charge is 1.89. The van der Waals surface area contributed by atoms with Gasteiger partial charge in [0.1, 0.15) is 5.78 Å². The average Bonchev–Trinajstić information content (AvgIpc) is 2.58. The van der Waals surface area contributed by atoms with Gasteiger partial charge in [-0.3, -0.25) is 0 Å². The largest absolute Gasteiger partial charge is 0.399 e. The summed E-state index contributed by atoms with van der Waals surface area (Å²) in [6.07, 6.45) is 0. The van der Waals surface area contributed by atoms with Gasteiger partial charge < -0.3 is 15.8 Å². The fourth-order valence-corrected chi connectivity index (χ4v) is 1.66. The molecule has 0 aliphatic rings. The lowest BCUT2D eigenvalue weighted by atomic mass is 10.3. The fraction of sp³-hybridized carbons (Fsp3) is 0.0952. The van der Waals surface area contributed by atoms with Crippen molar-refractivity contribution in [3.63, 3.8) is 0 Å². The van der Waals surface area contributed by atoms with Crippen LogP contribution in [0, 0.1) is 0 Å². The van der Waals surface area contributed by atoms with Crippen LogP contribution in [-0.2, 0) is 4.79 Å². The Kier molecular flexibility index (Phi) is 9.09. The standard InChI is InChI=1S/C12H11N.C6H7N.C3H6O/c1-3-7-11(8-4-1)13-12-9-5-2-6-10-12;7-6-4-2-1-3-5-6;1-3(2)4/h1-10,13H;1-5H,7H2;1-2H3. The van der Waals surface area contributed by atoms with E-state index < -0.39 is 0 Å². The number of hydrogen-bond donors (Lipinski definition) is 2. The number of nitrogens with one attached hydrogen (secondary N) is 1. The minimum absolute atomic E-state index is 0.167. The maximum absolute atomic E-state index is 9.44. The molecule has 3 heteroatoms. The highest BCUT2D eigenvalue weighted by molar-refractivity contribution is 5.72. The molecule has 124 valence electrons. The van der Waals surface area contributed by atoms with E-state index in [-0.39, 0.29) is 5.78 Å². The number of hydrogen-bond acceptors (Lipinski definition) is 3. The number of nitrogen functional groups attached to an aromatic ring is 1. The Morgan fingerprint density at radius 3 is 1.21 bits per heavy atom. The van der Waals surface area contributed by atoms with Crippen molar-refractivity contribution >= 4 is 22.8 Å². The van der Waals surface area contributed by atoms with Crippen LogP contribution >= 0.6 is 0 Å². The van der Waals surface area contributed by atoms with Gasteiger partial charge >= 0.3 is 0 Å². The van der Waals surface area contributed by atoms with Crippen molar-refractivity contribution < 1.29 is 4.79 Å². The lowest BCUT2D eigenvalue weighted by Crippen LogP contribution is -1.87. The van der Waals surface area contributed by atoms with Gasteiger partial charge in [0.05, 0.1) is 0 Å². The number of para-hydroxylation sites is 3. The highest BCUT2D eigenvalue weighted by atomic mass is 16.1. The van der Waals surface area contributed by atoms with Crippen molar-refractivity contribution in [3.05, 3.63) is 91.0 Å². The number of carbonyl (C=O) groups excluding carboxylic acids is 1. The van der Waals surface area contributed by atoms with Crippen LogP contribution in [-0.4, -0.2) is 5.78 Å². The van der Waals surface area contributed by atoms with Crippen LogP contribution in [0.1, 0.15) is 13.8 Å². The van der Waals surface area contributed by atoms with Gasteiger partial charge in [0, 0.05) is 17.1 Å². The van der Waals surface area contributed by atoms with E-state index in [1.54, 1.807) is 0 Å². The topological polar surface area (TPSA) is 55.1 Å². The first kappa shape index (κ1) is 19.0. The third kappa shape index (κ3) is 9.79. The van der Waals surface area contributed by atoms with Gasteiger partial charge in [-0.05, 0) is 50.2 Å². The van der Waals surface area contributed by atoms with Gasteiger partial charge in [0.15, 0.2) is 0 Å². The first-order chi connectivity index (χ1) is 11.6. The summed E-state index contributed by atoms with van der Waals surface area (Å²) in [7, 11) is 0. The lowest BCUT2D eigenvalue weighted by Gasteiger charge is -2.04. The van der Waals surface area contributed by atoms with Gasteiger partial charge in [0.2, 0.25) is 0 Å². The van der Waals surface area contributed by atoms with Crippen LogP contribution in [0.3, 0.4) is 0 Å². The van der Waals surface area contributed by atoms with Crippen molar-refractivity contribution in [3.8, 4) is 0 Å². The number of rotatable bonds is 2. The minimum atomic E-state index is 0.167. The summed E-state index contributed by atoms with van der Waals surface area (Å²) in [4.78, 5) is 9.44. The molecule has 0 radical (unpaired) electrons. The van der Waals surface area contributed by atoms with Crippen LogP contribution < -0.4 is 11.1 Å². The predicted octanol–water partition coefficient (Wildman–Crippen LogP) is 5.29. The van der Waals surface area contributed by atoms with Crippen molar-refractivity contribution in [2.75, 3.05) is 11.1 Å². The number of ketones is 1. The summed E-state index contributed by atoms with van der Waals surface area (Å²) in [6, 6.07) is 29.8. The molecule has 0 heterocycles.